The van der Waals surface area contributed by atoms with E-state index in [4.69, 9.17) is 9.47 Å². The molecule has 4 nitrogen and oxygen atoms in total. The average Bonchev–Trinajstić information content (AvgIpc) is 2.92. The molecule has 0 aliphatic carbocycles. The minimum atomic E-state index is -0.622. The summed E-state index contributed by atoms with van der Waals surface area (Å²) < 4.78 is 63.0. The maximum Gasteiger partial charge on any atom is 0.311 e. The Morgan fingerprint density at radius 3 is 1.31 bits per heavy atom. The van der Waals surface area contributed by atoms with Crippen LogP contribution in [-0.4, -0.2) is 11.9 Å². The summed E-state index contributed by atoms with van der Waals surface area (Å²) in [5.41, 5.74) is 2.57. The van der Waals surface area contributed by atoms with Gasteiger partial charge in [0.15, 0.2) is 23.1 Å². The number of rotatable bonds is 7. The fourth-order valence-electron chi connectivity index (χ4n) is 3.38. The molecule has 0 spiro atoms. The maximum absolute atomic E-state index is 13.9. The summed E-state index contributed by atoms with van der Waals surface area (Å²) in [6.45, 7) is 3.47. The molecule has 0 saturated heterocycles. The molecular formula is C31H26F4O4. The van der Waals surface area contributed by atoms with Crippen molar-refractivity contribution in [3.05, 3.63) is 108 Å². The Labute approximate surface area is 223 Å². The number of carbonyl (C=O) groups excluding carboxylic acids is 2. The molecule has 0 saturated carbocycles. The number of esters is 2. The van der Waals surface area contributed by atoms with Crippen LogP contribution in [0.25, 0.3) is 22.3 Å². The minimum Gasteiger partial charge on any atom is -0.423 e. The van der Waals surface area contributed by atoms with Crippen LogP contribution in [0, 0.1) is 23.3 Å². The quantitative estimate of drug-likeness (QED) is 0.135. The molecule has 0 aliphatic rings. The number of carbonyl (C=O) groups is 2. The summed E-state index contributed by atoms with van der Waals surface area (Å²) in [6, 6.07) is 20.0. The van der Waals surface area contributed by atoms with Crippen LogP contribution >= 0.6 is 0 Å². The van der Waals surface area contributed by atoms with Crippen molar-refractivity contribution in [3.63, 3.8) is 0 Å². The molecule has 0 atom stereocenters. The molecule has 0 radical (unpaired) electrons. The van der Waals surface area contributed by atoms with Crippen molar-refractivity contribution in [3.8, 4) is 33.8 Å². The highest BCUT2D eigenvalue weighted by Gasteiger charge is 2.11. The first-order valence-corrected chi connectivity index (χ1v) is 12.2. The summed E-state index contributed by atoms with van der Waals surface area (Å²) in [7, 11) is 0. The summed E-state index contributed by atoms with van der Waals surface area (Å²) in [5.74, 6) is -3.07. The molecule has 8 heteroatoms. The summed E-state index contributed by atoms with van der Waals surface area (Å²) in [6.07, 6.45) is 1.08. The van der Waals surface area contributed by atoms with Gasteiger partial charge in [-0.05, 0) is 77.2 Å². The highest BCUT2D eigenvalue weighted by atomic mass is 19.1. The highest BCUT2D eigenvalue weighted by molar-refractivity contribution is 5.73. The van der Waals surface area contributed by atoms with Gasteiger partial charge in [0.1, 0.15) is 11.6 Å². The van der Waals surface area contributed by atoms with Gasteiger partial charge < -0.3 is 9.47 Å². The van der Waals surface area contributed by atoms with Gasteiger partial charge in [0.2, 0.25) is 0 Å². The Bertz CT molecular complexity index is 1420. The first-order chi connectivity index (χ1) is 18.7. The Kier molecular flexibility index (Phi) is 10.4. The average molecular weight is 539 g/mol. The fourth-order valence-corrected chi connectivity index (χ4v) is 3.38. The van der Waals surface area contributed by atoms with E-state index in [-0.39, 0.29) is 36.0 Å². The van der Waals surface area contributed by atoms with E-state index in [0.717, 1.165) is 0 Å². The Morgan fingerprint density at radius 2 is 0.949 bits per heavy atom. The van der Waals surface area contributed by atoms with Crippen molar-refractivity contribution in [1.29, 1.82) is 0 Å². The van der Waals surface area contributed by atoms with Gasteiger partial charge in [-0.15, -0.1) is 0 Å². The SMILES string of the molecule is CCC(=O)Oc1ccc(-c2ccc(F)cc2)cc1F.CCCC(=O)Oc1ccc(-c2ccc(F)cc2)cc1F. The monoisotopic (exact) mass is 538 g/mol. The van der Waals surface area contributed by atoms with E-state index in [1.807, 2.05) is 6.92 Å². The predicted molar refractivity (Wildman–Crippen MR) is 140 cm³/mol. The van der Waals surface area contributed by atoms with Crippen molar-refractivity contribution in [1.82, 2.24) is 0 Å². The van der Waals surface area contributed by atoms with Crippen LogP contribution in [0.2, 0.25) is 0 Å². The molecule has 4 aromatic carbocycles. The van der Waals surface area contributed by atoms with Gasteiger partial charge in [-0.3, -0.25) is 9.59 Å². The van der Waals surface area contributed by atoms with Crippen molar-refractivity contribution in [2.45, 2.75) is 33.1 Å². The lowest BCUT2D eigenvalue weighted by molar-refractivity contribution is -0.135. The molecule has 4 rings (SSSR count). The van der Waals surface area contributed by atoms with E-state index in [1.54, 1.807) is 43.3 Å². The normalized spacial score (nSPS) is 10.3. The van der Waals surface area contributed by atoms with E-state index in [2.05, 4.69) is 0 Å². The largest absolute Gasteiger partial charge is 0.423 e. The Balaban J connectivity index is 0.000000216. The Morgan fingerprint density at radius 1 is 0.564 bits per heavy atom. The van der Waals surface area contributed by atoms with Crippen molar-refractivity contribution >= 4 is 11.9 Å². The van der Waals surface area contributed by atoms with Gasteiger partial charge in [0.05, 0.1) is 0 Å². The van der Waals surface area contributed by atoms with E-state index < -0.39 is 23.6 Å². The second kappa shape index (κ2) is 13.9. The number of hydrogen-bond acceptors (Lipinski definition) is 4. The first kappa shape index (κ1) is 29.1. The summed E-state index contributed by atoms with van der Waals surface area (Å²) in [5, 5.41) is 0. The molecule has 4 aromatic rings. The smallest absolute Gasteiger partial charge is 0.311 e. The van der Waals surface area contributed by atoms with E-state index in [9.17, 15) is 27.2 Å². The lowest BCUT2D eigenvalue weighted by atomic mass is 10.1. The van der Waals surface area contributed by atoms with Crippen LogP contribution in [-0.2, 0) is 9.59 Å². The summed E-state index contributed by atoms with van der Waals surface area (Å²) in [4.78, 5) is 22.4. The lowest BCUT2D eigenvalue weighted by Crippen LogP contribution is -2.08. The zero-order chi connectivity index (χ0) is 28.4. The molecule has 202 valence electrons. The van der Waals surface area contributed by atoms with E-state index in [0.29, 0.717) is 28.7 Å². The van der Waals surface area contributed by atoms with Crippen LogP contribution in [0.15, 0.2) is 84.9 Å². The van der Waals surface area contributed by atoms with Gasteiger partial charge in [-0.2, -0.15) is 0 Å². The van der Waals surface area contributed by atoms with E-state index in [1.165, 1.54) is 48.5 Å². The second-order valence-corrected chi connectivity index (χ2v) is 8.36. The third-order valence-electron chi connectivity index (χ3n) is 5.41. The molecule has 0 N–H and O–H groups in total. The topological polar surface area (TPSA) is 52.6 Å². The number of benzene rings is 4. The molecule has 39 heavy (non-hydrogen) atoms. The molecule has 0 amide bonds. The predicted octanol–water partition coefficient (Wildman–Crippen LogP) is 8.28. The van der Waals surface area contributed by atoms with Crippen LogP contribution < -0.4 is 9.47 Å². The molecule has 0 heterocycles. The van der Waals surface area contributed by atoms with Crippen molar-refractivity contribution in [2.24, 2.45) is 0 Å². The van der Waals surface area contributed by atoms with Gasteiger partial charge in [-0.25, -0.2) is 17.6 Å². The number of hydrogen-bond donors (Lipinski definition) is 0. The van der Waals surface area contributed by atoms with Gasteiger partial charge in [0, 0.05) is 12.8 Å². The van der Waals surface area contributed by atoms with Crippen LogP contribution in [0.3, 0.4) is 0 Å². The third-order valence-corrected chi connectivity index (χ3v) is 5.41. The number of ether oxygens (including phenoxy) is 2. The zero-order valence-corrected chi connectivity index (χ0v) is 21.3. The van der Waals surface area contributed by atoms with Crippen LogP contribution in [0.1, 0.15) is 33.1 Å². The molecular weight excluding hydrogens is 512 g/mol. The lowest BCUT2D eigenvalue weighted by Gasteiger charge is -2.07. The molecule has 0 fully saturated rings. The fraction of sp³-hybridized carbons (Fsp3) is 0.161. The van der Waals surface area contributed by atoms with E-state index >= 15 is 0 Å². The highest BCUT2D eigenvalue weighted by Crippen LogP contribution is 2.27. The van der Waals surface area contributed by atoms with Crippen LogP contribution in [0.5, 0.6) is 11.5 Å². The zero-order valence-electron chi connectivity index (χ0n) is 21.3. The van der Waals surface area contributed by atoms with Crippen molar-refractivity contribution < 1.29 is 36.6 Å². The van der Waals surface area contributed by atoms with Gasteiger partial charge in [0.25, 0.3) is 0 Å². The number of halogens is 4. The minimum absolute atomic E-state index is 0.0886. The first-order valence-electron chi connectivity index (χ1n) is 12.2. The third kappa shape index (κ3) is 8.53. The molecule has 0 aliphatic heterocycles. The maximum atomic E-state index is 13.9. The Hall–Kier alpha value is -4.46. The van der Waals surface area contributed by atoms with Gasteiger partial charge in [-0.1, -0.05) is 50.2 Å². The van der Waals surface area contributed by atoms with Crippen LogP contribution in [0.4, 0.5) is 17.6 Å². The van der Waals surface area contributed by atoms with Gasteiger partial charge >= 0.3 is 11.9 Å². The molecule has 0 bridgehead atoms. The second-order valence-electron chi connectivity index (χ2n) is 8.36. The summed E-state index contributed by atoms with van der Waals surface area (Å²) >= 11 is 0. The van der Waals surface area contributed by atoms with Crippen molar-refractivity contribution in [2.75, 3.05) is 0 Å². The molecule has 0 unspecified atom stereocenters. The molecule has 0 aromatic heterocycles. The standard InChI is InChI=1S/C16H14F2O2.C15H12F2O2/c1-2-3-16(19)20-15-9-6-12(10-14(15)18)11-4-7-13(17)8-5-11;1-2-15(18)19-14-8-5-11(9-13(14)17)10-3-6-12(16)7-4-10/h4-10H,2-3H2,1H3;3-9H,2H2,1H3.